The van der Waals surface area contributed by atoms with Crippen LogP contribution >= 0.6 is 0 Å². The third-order valence-electron chi connectivity index (χ3n) is 3.60. The first-order chi connectivity index (χ1) is 13.5. The van der Waals surface area contributed by atoms with Crippen LogP contribution in [0.5, 0.6) is 5.75 Å². The van der Waals surface area contributed by atoms with E-state index in [-0.39, 0.29) is 17.9 Å². The normalized spacial score (nSPS) is 11.7. The lowest BCUT2D eigenvalue weighted by Crippen LogP contribution is -2.34. The number of phenolic OH excluding ortho intramolecular Hbond substituents is 1. The molecule has 0 aliphatic rings. The molecule has 0 amide bonds. The van der Waals surface area contributed by atoms with E-state index in [0.717, 1.165) is 5.56 Å². The Morgan fingerprint density at radius 3 is 2.31 bits per heavy atom. The monoisotopic (exact) mass is 426 g/mol. The Labute approximate surface area is 167 Å². The summed E-state index contributed by atoms with van der Waals surface area (Å²) in [6.45, 7) is 3.73. The number of nitro groups is 1. The van der Waals surface area contributed by atoms with Crippen molar-refractivity contribution in [2.45, 2.75) is 31.2 Å². The first kappa shape index (κ1) is 24.0. The summed E-state index contributed by atoms with van der Waals surface area (Å²) in [4.78, 5) is 21.2. The van der Waals surface area contributed by atoms with E-state index in [9.17, 15) is 28.4 Å². The van der Waals surface area contributed by atoms with Crippen LogP contribution in [-0.4, -0.2) is 41.6 Å². The van der Waals surface area contributed by atoms with E-state index in [4.69, 9.17) is 15.0 Å². The summed E-state index contributed by atoms with van der Waals surface area (Å²) < 4.78 is 34.3. The van der Waals surface area contributed by atoms with Crippen molar-refractivity contribution in [3.8, 4) is 5.75 Å². The van der Waals surface area contributed by atoms with Gasteiger partial charge in [0.15, 0.2) is 5.75 Å². The Balaban J connectivity index is 0.000000326. The molecule has 0 aliphatic heterocycles. The quantitative estimate of drug-likeness (QED) is 0.270. The van der Waals surface area contributed by atoms with Crippen molar-refractivity contribution in [1.29, 1.82) is 0 Å². The number of ether oxygens (including phenoxy) is 1. The Morgan fingerprint density at radius 2 is 1.83 bits per heavy atom. The summed E-state index contributed by atoms with van der Waals surface area (Å²) in [7, 11) is -4.02. The summed E-state index contributed by atoms with van der Waals surface area (Å²) >= 11 is 0. The molecule has 0 heterocycles. The minimum atomic E-state index is -4.02. The van der Waals surface area contributed by atoms with E-state index in [2.05, 4.69) is 0 Å². The van der Waals surface area contributed by atoms with Crippen molar-refractivity contribution in [3.05, 3.63) is 63.7 Å². The molecule has 2 aromatic rings. The number of hydrogen-bond acceptors (Lipinski definition) is 8. The van der Waals surface area contributed by atoms with Crippen LogP contribution in [0.15, 0.2) is 47.4 Å². The maximum atomic E-state index is 11.3. The second-order valence-electron chi connectivity index (χ2n) is 5.93. The molecule has 0 aliphatic carbocycles. The Kier molecular flexibility index (Phi) is 8.70. The largest absolute Gasteiger partial charge is 0.502 e. The zero-order valence-electron chi connectivity index (χ0n) is 15.8. The van der Waals surface area contributed by atoms with Gasteiger partial charge in [0.05, 0.1) is 16.4 Å². The standard InChI is InChI=1S/C11H14N2O5.C7H8O3S/c1-2-18-11(15)8(12)5-7-3-4-10(14)9(6-7)13(16)17;1-6-2-4-7(5-3-6)11(8,9)10/h3-4,6,8,14H,2,5,12H2,1H3;2-5H,1H3,(H,8,9,10)/t8-;/m0./s1. The number of aryl methyl sites for hydroxylation is 1. The molecular weight excluding hydrogens is 404 g/mol. The van der Waals surface area contributed by atoms with Crippen molar-refractivity contribution in [1.82, 2.24) is 0 Å². The molecule has 0 saturated carbocycles. The fraction of sp³-hybridized carbons (Fsp3) is 0.278. The molecule has 0 saturated heterocycles. The number of carbonyl (C=O) groups is 1. The SMILES string of the molecule is CCOC(=O)[C@@H](N)Cc1ccc(O)c([N+](=O)[O-])c1.Cc1ccc(S(=O)(=O)O)cc1. The Morgan fingerprint density at radius 1 is 1.24 bits per heavy atom. The fourth-order valence-corrected chi connectivity index (χ4v) is 2.62. The highest BCUT2D eigenvalue weighted by atomic mass is 32.2. The van der Waals surface area contributed by atoms with Gasteiger partial charge in [-0.05, 0) is 44.0 Å². The first-order valence-corrected chi connectivity index (χ1v) is 9.82. The number of benzene rings is 2. The van der Waals surface area contributed by atoms with Crippen LogP contribution in [0.4, 0.5) is 5.69 Å². The van der Waals surface area contributed by atoms with E-state index in [1.165, 1.54) is 30.3 Å². The van der Waals surface area contributed by atoms with Gasteiger partial charge >= 0.3 is 11.7 Å². The summed E-state index contributed by atoms with van der Waals surface area (Å²) in [5, 5.41) is 19.9. The highest BCUT2D eigenvalue weighted by Crippen LogP contribution is 2.26. The topological polar surface area (TPSA) is 170 Å². The molecule has 0 unspecified atom stereocenters. The molecular formula is C18H22N2O8S. The van der Waals surface area contributed by atoms with Gasteiger partial charge in [0, 0.05) is 6.07 Å². The lowest BCUT2D eigenvalue weighted by atomic mass is 10.1. The van der Waals surface area contributed by atoms with Crippen LogP contribution < -0.4 is 5.73 Å². The van der Waals surface area contributed by atoms with E-state index < -0.39 is 38.5 Å². The van der Waals surface area contributed by atoms with E-state index in [0.29, 0.717) is 5.56 Å². The van der Waals surface area contributed by atoms with Crippen molar-refractivity contribution >= 4 is 21.8 Å². The second kappa shape index (κ2) is 10.5. The van der Waals surface area contributed by atoms with Crippen molar-refractivity contribution in [3.63, 3.8) is 0 Å². The molecule has 4 N–H and O–H groups in total. The summed E-state index contributed by atoms with van der Waals surface area (Å²) in [6, 6.07) is 8.97. The van der Waals surface area contributed by atoms with Gasteiger partial charge in [-0.2, -0.15) is 8.42 Å². The summed E-state index contributed by atoms with van der Waals surface area (Å²) in [6.07, 6.45) is 0.111. The van der Waals surface area contributed by atoms with Crippen LogP contribution in [0.2, 0.25) is 0 Å². The zero-order valence-corrected chi connectivity index (χ0v) is 16.6. The summed E-state index contributed by atoms with van der Waals surface area (Å²) in [5.74, 6) is -0.985. The maximum Gasteiger partial charge on any atom is 0.323 e. The number of aromatic hydroxyl groups is 1. The van der Waals surface area contributed by atoms with Crippen LogP contribution in [0.25, 0.3) is 0 Å². The highest BCUT2D eigenvalue weighted by Gasteiger charge is 2.18. The van der Waals surface area contributed by atoms with Crippen molar-refractivity contribution < 1.29 is 32.5 Å². The fourth-order valence-electron chi connectivity index (χ4n) is 2.14. The molecule has 29 heavy (non-hydrogen) atoms. The highest BCUT2D eigenvalue weighted by molar-refractivity contribution is 7.85. The number of esters is 1. The number of nitrogens with two attached hydrogens (primary N) is 1. The summed E-state index contributed by atoms with van der Waals surface area (Å²) in [5.41, 5.74) is 6.62. The lowest BCUT2D eigenvalue weighted by Gasteiger charge is -2.10. The van der Waals surface area contributed by atoms with Gasteiger partial charge in [-0.15, -0.1) is 0 Å². The van der Waals surface area contributed by atoms with Crippen LogP contribution in [0, 0.1) is 17.0 Å². The predicted molar refractivity (Wildman–Crippen MR) is 104 cm³/mol. The minimum Gasteiger partial charge on any atom is -0.502 e. The van der Waals surface area contributed by atoms with Gasteiger partial charge in [-0.3, -0.25) is 19.5 Å². The van der Waals surface area contributed by atoms with Gasteiger partial charge in [-0.1, -0.05) is 23.8 Å². The number of nitro benzene ring substituents is 1. The van der Waals surface area contributed by atoms with Crippen LogP contribution in [0.1, 0.15) is 18.1 Å². The number of nitrogens with zero attached hydrogens (tertiary/aromatic N) is 1. The number of carbonyl (C=O) groups excluding carboxylic acids is 1. The number of hydrogen-bond donors (Lipinski definition) is 3. The van der Waals surface area contributed by atoms with E-state index >= 15 is 0 Å². The van der Waals surface area contributed by atoms with Gasteiger partial charge in [0.2, 0.25) is 0 Å². The Bertz CT molecular complexity index is 958. The van der Waals surface area contributed by atoms with Gasteiger partial charge in [0.25, 0.3) is 10.1 Å². The maximum absolute atomic E-state index is 11.3. The molecule has 1 atom stereocenters. The molecule has 0 spiro atoms. The molecule has 10 nitrogen and oxygen atoms in total. The van der Waals surface area contributed by atoms with Crippen molar-refractivity contribution in [2.24, 2.45) is 5.73 Å². The van der Waals surface area contributed by atoms with Gasteiger partial charge < -0.3 is 15.6 Å². The van der Waals surface area contributed by atoms with Crippen LogP contribution in [0.3, 0.4) is 0 Å². The smallest absolute Gasteiger partial charge is 0.323 e. The average molecular weight is 426 g/mol. The third-order valence-corrected chi connectivity index (χ3v) is 4.47. The Hall–Kier alpha value is -3.02. The van der Waals surface area contributed by atoms with Gasteiger partial charge in [-0.25, -0.2) is 0 Å². The molecule has 0 radical (unpaired) electrons. The van der Waals surface area contributed by atoms with Gasteiger partial charge in [0.1, 0.15) is 6.04 Å². The van der Waals surface area contributed by atoms with E-state index in [1.807, 2.05) is 6.92 Å². The second-order valence-corrected chi connectivity index (χ2v) is 7.35. The first-order valence-electron chi connectivity index (χ1n) is 8.38. The molecule has 0 aromatic heterocycles. The lowest BCUT2D eigenvalue weighted by molar-refractivity contribution is -0.385. The molecule has 11 heteroatoms. The van der Waals surface area contributed by atoms with Crippen molar-refractivity contribution in [2.75, 3.05) is 6.61 Å². The molecule has 158 valence electrons. The molecule has 0 fully saturated rings. The zero-order chi connectivity index (χ0) is 22.2. The van der Waals surface area contributed by atoms with E-state index in [1.54, 1.807) is 19.1 Å². The average Bonchev–Trinajstić information content (AvgIpc) is 2.63. The third kappa shape index (κ3) is 7.86. The predicted octanol–water partition coefficient (Wildman–Crippen LogP) is 1.98. The minimum absolute atomic E-state index is 0.0666. The van der Waals surface area contributed by atoms with Crippen LogP contribution in [-0.2, 0) is 26.1 Å². The molecule has 0 bridgehead atoms. The number of phenols is 1. The number of rotatable bonds is 6. The molecule has 2 aromatic carbocycles. The molecule has 2 rings (SSSR count).